The molecule has 1 aliphatic rings. The first kappa shape index (κ1) is 14.3. The second-order valence-electron chi connectivity index (χ2n) is 4.84. The number of hydrogen-bond acceptors (Lipinski definition) is 4. The standard InChI is InChI=1S/C14H19N3O3/c18-13(17-8-2-1-3-9-17)5-7-16-12-10-15-6-4-11(12)14(19)20/h4,6,10,16H,1-3,5,7-9H2,(H,19,20). The third kappa shape index (κ3) is 3.69. The molecule has 0 spiro atoms. The van der Waals surface area contributed by atoms with Crippen LogP contribution in [0.15, 0.2) is 18.5 Å². The summed E-state index contributed by atoms with van der Waals surface area (Å²) in [5.41, 5.74) is 0.622. The van der Waals surface area contributed by atoms with Gasteiger partial charge in [-0.2, -0.15) is 0 Å². The minimum absolute atomic E-state index is 0.123. The molecule has 2 rings (SSSR count). The Morgan fingerprint density at radius 1 is 1.30 bits per heavy atom. The molecule has 0 saturated carbocycles. The lowest BCUT2D eigenvalue weighted by atomic mass is 10.1. The number of anilines is 1. The van der Waals surface area contributed by atoms with Crippen LogP contribution in [0.4, 0.5) is 5.69 Å². The van der Waals surface area contributed by atoms with Crippen molar-refractivity contribution in [3.05, 3.63) is 24.0 Å². The third-order valence-corrected chi connectivity index (χ3v) is 3.41. The molecular weight excluding hydrogens is 258 g/mol. The lowest BCUT2D eigenvalue weighted by Crippen LogP contribution is -2.36. The van der Waals surface area contributed by atoms with Crippen LogP contribution in [0.2, 0.25) is 0 Å². The minimum Gasteiger partial charge on any atom is -0.478 e. The predicted octanol–water partition coefficient (Wildman–Crippen LogP) is 1.59. The molecule has 0 aromatic carbocycles. The van der Waals surface area contributed by atoms with Gasteiger partial charge in [0, 0.05) is 32.3 Å². The number of rotatable bonds is 5. The Kier molecular flexibility index (Phi) is 4.92. The number of amides is 1. The fourth-order valence-electron chi connectivity index (χ4n) is 2.33. The van der Waals surface area contributed by atoms with E-state index in [9.17, 15) is 9.59 Å². The molecule has 1 aliphatic heterocycles. The minimum atomic E-state index is -1.00. The van der Waals surface area contributed by atoms with Crippen molar-refractivity contribution in [3.8, 4) is 0 Å². The van der Waals surface area contributed by atoms with Gasteiger partial charge in [-0.1, -0.05) is 0 Å². The zero-order valence-electron chi connectivity index (χ0n) is 11.3. The fourth-order valence-corrected chi connectivity index (χ4v) is 2.33. The molecular formula is C14H19N3O3. The van der Waals surface area contributed by atoms with E-state index in [1.54, 1.807) is 0 Å². The van der Waals surface area contributed by atoms with E-state index in [4.69, 9.17) is 5.11 Å². The van der Waals surface area contributed by atoms with Crippen LogP contribution in [0.5, 0.6) is 0 Å². The molecule has 20 heavy (non-hydrogen) atoms. The van der Waals surface area contributed by atoms with Gasteiger partial charge >= 0.3 is 5.97 Å². The van der Waals surface area contributed by atoms with Crippen molar-refractivity contribution in [2.75, 3.05) is 25.0 Å². The predicted molar refractivity (Wildman–Crippen MR) is 74.7 cm³/mol. The Hall–Kier alpha value is -2.11. The smallest absolute Gasteiger partial charge is 0.337 e. The van der Waals surface area contributed by atoms with Crippen molar-refractivity contribution < 1.29 is 14.7 Å². The van der Waals surface area contributed by atoms with Crippen LogP contribution >= 0.6 is 0 Å². The largest absolute Gasteiger partial charge is 0.478 e. The molecule has 2 heterocycles. The number of carbonyl (C=O) groups excluding carboxylic acids is 1. The Bertz CT molecular complexity index is 484. The molecule has 1 amide bonds. The highest BCUT2D eigenvalue weighted by molar-refractivity contribution is 5.93. The van der Waals surface area contributed by atoms with E-state index in [1.807, 2.05) is 4.90 Å². The van der Waals surface area contributed by atoms with Gasteiger partial charge in [0.1, 0.15) is 0 Å². The summed E-state index contributed by atoms with van der Waals surface area (Å²) >= 11 is 0. The summed E-state index contributed by atoms with van der Waals surface area (Å²) in [6.45, 7) is 2.10. The van der Waals surface area contributed by atoms with Gasteiger partial charge in [0.05, 0.1) is 17.4 Å². The molecule has 6 nitrogen and oxygen atoms in total. The molecule has 0 aliphatic carbocycles. The monoisotopic (exact) mass is 277 g/mol. The van der Waals surface area contributed by atoms with Crippen molar-refractivity contribution in [1.29, 1.82) is 0 Å². The number of nitrogens with zero attached hydrogens (tertiary/aromatic N) is 2. The highest BCUT2D eigenvalue weighted by atomic mass is 16.4. The summed E-state index contributed by atoms with van der Waals surface area (Å²) in [7, 11) is 0. The molecule has 0 atom stereocenters. The maximum atomic E-state index is 12.0. The molecule has 108 valence electrons. The fraction of sp³-hybridized carbons (Fsp3) is 0.500. The maximum Gasteiger partial charge on any atom is 0.337 e. The van der Waals surface area contributed by atoms with Crippen molar-refractivity contribution in [1.82, 2.24) is 9.88 Å². The van der Waals surface area contributed by atoms with Crippen LogP contribution in [0.25, 0.3) is 0 Å². The SMILES string of the molecule is O=C(O)c1ccncc1NCCC(=O)N1CCCCC1. The number of hydrogen-bond donors (Lipinski definition) is 2. The molecule has 1 fully saturated rings. The second-order valence-corrected chi connectivity index (χ2v) is 4.84. The van der Waals surface area contributed by atoms with E-state index in [-0.39, 0.29) is 11.5 Å². The number of carboxylic acid groups (broad SMARTS) is 1. The third-order valence-electron chi connectivity index (χ3n) is 3.41. The Labute approximate surface area is 117 Å². The molecule has 2 N–H and O–H groups in total. The molecule has 1 aromatic rings. The first-order chi connectivity index (χ1) is 9.68. The van der Waals surface area contributed by atoms with Crippen LogP contribution in [0.1, 0.15) is 36.0 Å². The Morgan fingerprint density at radius 3 is 2.75 bits per heavy atom. The van der Waals surface area contributed by atoms with E-state index < -0.39 is 5.97 Å². The number of aromatic nitrogens is 1. The summed E-state index contributed by atoms with van der Waals surface area (Å²) in [4.78, 5) is 28.8. The van der Waals surface area contributed by atoms with E-state index in [1.165, 1.54) is 24.9 Å². The van der Waals surface area contributed by atoms with Crippen LogP contribution in [0.3, 0.4) is 0 Å². The lowest BCUT2D eigenvalue weighted by Gasteiger charge is -2.26. The molecule has 6 heteroatoms. The molecule has 0 bridgehead atoms. The molecule has 1 aromatic heterocycles. The number of pyridine rings is 1. The van der Waals surface area contributed by atoms with Crippen molar-refractivity contribution >= 4 is 17.6 Å². The lowest BCUT2D eigenvalue weighted by molar-refractivity contribution is -0.131. The van der Waals surface area contributed by atoms with E-state index in [0.29, 0.717) is 18.7 Å². The van der Waals surface area contributed by atoms with Gasteiger partial charge < -0.3 is 15.3 Å². The van der Waals surface area contributed by atoms with Gasteiger partial charge in [-0.05, 0) is 25.3 Å². The number of piperidine rings is 1. The number of aromatic carboxylic acids is 1. The number of nitrogens with one attached hydrogen (secondary N) is 1. The van der Waals surface area contributed by atoms with Crippen LogP contribution < -0.4 is 5.32 Å². The zero-order chi connectivity index (χ0) is 14.4. The van der Waals surface area contributed by atoms with Gasteiger partial charge in [-0.3, -0.25) is 9.78 Å². The molecule has 1 saturated heterocycles. The summed E-state index contributed by atoms with van der Waals surface area (Å²) in [5, 5.41) is 12.0. The van der Waals surface area contributed by atoms with Gasteiger partial charge in [0.15, 0.2) is 0 Å². The van der Waals surface area contributed by atoms with E-state index in [2.05, 4.69) is 10.3 Å². The van der Waals surface area contributed by atoms with Crippen LogP contribution in [-0.2, 0) is 4.79 Å². The summed E-state index contributed by atoms with van der Waals surface area (Å²) in [6, 6.07) is 1.44. The van der Waals surface area contributed by atoms with E-state index >= 15 is 0 Å². The van der Waals surface area contributed by atoms with Crippen molar-refractivity contribution in [3.63, 3.8) is 0 Å². The normalized spacial score (nSPS) is 14.9. The van der Waals surface area contributed by atoms with Gasteiger partial charge in [-0.25, -0.2) is 4.79 Å². The number of carbonyl (C=O) groups is 2. The summed E-state index contributed by atoms with van der Waals surface area (Å²) in [6.07, 6.45) is 6.62. The van der Waals surface area contributed by atoms with Crippen LogP contribution in [0, 0.1) is 0 Å². The van der Waals surface area contributed by atoms with Crippen molar-refractivity contribution in [2.45, 2.75) is 25.7 Å². The van der Waals surface area contributed by atoms with E-state index in [0.717, 1.165) is 25.9 Å². The zero-order valence-corrected chi connectivity index (χ0v) is 11.3. The average molecular weight is 277 g/mol. The van der Waals surface area contributed by atoms with Crippen molar-refractivity contribution in [2.24, 2.45) is 0 Å². The maximum absolute atomic E-state index is 12.0. The topological polar surface area (TPSA) is 82.5 Å². The van der Waals surface area contributed by atoms with Crippen LogP contribution in [-0.4, -0.2) is 46.5 Å². The van der Waals surface area contributed by atoms with Gasteiger partial charge in [0.25, 0.3) is 0 Å². The quantitative estimate of drug-likeness (QED) is 0.854. The molecule has 0 unspecified atom stereocenters. The highest BCUT2D eigenvalue weighted by Gasteiger charge is 2.16. The summed E-state index contributed by atoms with van der Waals surface area (Å²) < 4.78 is 0. The number of carboxylic acids is 1. The molecule has 0 radical (unpaired) electrons. The average Bonchev–Trinajstić information content (AvgIpc) is 2.48. The summed E-state index contributed by atoms with van der Waals surface area (Å²) in [5.74, 6) is -0.879. The van der Waals surface area contributed by atoms with Gasteiger partial charge in [0.2, 0.25) is 5.91 Å². The Balaban J connectivity index is 1.83. The number of likely N-dealkylation sites (tertiary alicyclic amines) is 1. The first-order valence-corrected chi connectivity index (χ1v) is 6.87. The second kappa shape index (κ2) is 6.88. The Morgan fingerprint density at radius 2 is 2.05 bits per heavy atom. The highest BCUT2D eigenvalue weighted by Crippen LogP contribution is 2.14. The van der Waals surface area contributed by atoms with Gasteiger partial charge in [-0.15, -0.1) is 0 Å². The first-order valence-electron chi connectivity index (χ1n) is 6.87.